The van der Waals surface area contributed by atoms with Crippen LogP contribution in [0.4, 0.5) is 0 Å². The van der Waals surface area contributed by atoms with Crippen molar-refractivity contribution in [2.45, 2.75) is 46.6 Å². The van der Waals surface area contributed by atoms with E-state index in [-0.39, 0.29) is 0 Å². The third-order valence-electron chi connectivity index (χ3n) is 3.98. The van der Waals surface area contributed by atoms with E-state index in [0.29, 0.717) is 11.5 Å². The van der Waals surface area contributed by atoms with Gasteiger partial charge in [0.15, 0.2) is 0 Å². The minimum atomic E-state index is 0.342. The molecule has 3 rings (SSSR count). The lowest BCUT2D eigenvalue weighted by molar-refractivity contribution is 0.260. The van der Waals surface area contributed by atoms with E-state index < -0.39 is 0 Å². The number of thiophene rings is 1. The Morgan fingerprint density at radius 3 is 2.85 bits per heavy atom. The van der Waals surface area contributed by atoms with Crippen molar-refractivity contribution in [3.05, 3.63) is 26.9 Å². The molecule has 0 aliphatic heterocycles. The maximum Gasteiger partial charge on any atom is 0.125 e. The topological polar surface area (TPSA) is 24.9 Å². The molecule has 0 fully saturated rings. The molecule has 2 aromatic heterocycles. The van der Waals surface area contributed by atoms with Gasteiger partial charge >= 0.3 is 0 Å². The van der Waals surface area contributed by atoms with Gasteiger partial charge in [0, 0.05) is 21.9 Å². The van der Waals surface area contributed by atoms with Gasteiger partial charge in [0.1, 0.15) is 5.01 Å². The van der Waals surface area contributed by atoms with Gasteiger partial charge < -0.3 is 5.32 Å². The lowest BCUT2D eigenvalue weighted by Crippen LogP contribution is -2.32. The number of rotatable bonds is 3. The largest absolute Gasteiger partial charge is 0.309 e. The van der Waals surface area contributed by atoms with Crippen molar-refractivity contribution in [1.82, 2.24) is 10.3 Å². The molecule has 1 aliphatic rings. The minimum absolute atomic E-state index is 0.342. The first kappa shape index (κ1) is 14.2. The maximum absolute atomic E-state index is 4.97. The minimum Gasteiger partial charge on any atom is -0.309 e. The van der Waals surface area contributed by atoms with Crippen LogP contribution in [-0.2, 0) is 6.42 Å². The van der Waals surface area contributed by atoms with Crippen LogP contribution < -0.4 is 5.32 Å². The highest BCUT2D eigenvalue weighted by Gasteiger charge is 2.34. The van der Waals surface area contributed by atoms with Crippen molar-refractivity contribution in [2.24, 2.45) is 5.41 Å². The zero-order valence-corrected chi connectivity index (χ0v) is 14.3. The van der Waals surface area contributed by atoms with Gasteiger partial charge in [-0.1, -0.05) is 20.8 Å². The zero-order valence-electron chi connectivity index (χ0n) is 12.6. The van der Waals surface area contributed by atoms with Gasteiger partial charge in [0.25, 0.3) is 0 Å². The number of aryl methyl sites for hydroxylation is 1. The second kappa shape index (κ2) is 5.24. The van der Waals surface area contributed by atoms with Gasteiger partial charge in [-0.05, 0) is 42.7 Å². The third kappa shape index (κ3) is 2.57. The van der Waals surface area contributed by atoms with Crippen LogP contribution in [0.5, 0.6) is 0 Å². The molecular formula is C16H22N2S2. The van der Waals surface area contributed by atoms with Crippen LogP contribution in [0, 0.1) is 12.3 Å². The second-order valence-corrected chi connectivity index (χ2v) is 8.23. The van der Waals surface area contributed by atoms with E-state index in [1.807, 2.05) is 11.3 Å². The fourth-order valence-corrected chi connectivity index (χ4v) is 5.19. The SMILES string of the molecule is CCNC1CC(C)(C)Cc2nc(-c3cscc3C)sc21. The molecule has 1 N–H and O–H groups in total. The highest BCUT2D eigenvalue weighted by Crippen LogP contribution is 2.45. The van der Waals surface area contributed by atoms with E-state index in [4.69, 9.17) is 4.98 Å². The maximum atomic E-state index is 4.97. The standard InChI is InChI=1S/C16H22N2S2/c1-5-17-12-6-16(3,4)7-13-14(12)20-15(18-13)11-9-19-8-10(11)2/h8-9,12,17H,5-7H2,1-4H3. The molecule has 108 valence electrons. The first-order valence-corrected chi connectivity index (χ1v) is 9.02. The van der Waals surface area contributed by atoms with Gasteiger partial charge in [0.05, 0.1) is 5.69 Å². The van der Waals surface area contributed by atoms with E-state index in [2.05, 4.69) is 43.8 Å². The van der Waals surface area contributed by atoms with Crippen molar-refractivity contribution in [1.29, 1.82) is 0 Å². The molecule has 1 atom stereocenters. The highest BCUT2D eigenvalue weighted by molar-refractivity contribution is 7.16. The van der Waals surface area contributed by atoms with Crippen LogP contribution in [-0.4, -0.2) is 11.5 Å². The summed E-state index contributed by atoms with van der Waals surface area (Å²) in [6.45, 7) is 10.1. The molecule has 4 heteroatoms. The van der Waals surface area contributed by atoms with Crippen LogP contribution in [0.2, 0.25) is 0 Å². The van der Waals surface area contributed by atoms with E-state index in [1.54, 1.807) is 11.3 Å². The molecule has 0 saturated heterocycles. The first-order valence-electron chi connectivity index (χ1n) is 7.26. The summed E-state index contributed by atoms with van der Waals surface area (Å²) in [4.78, 5) is 6.43. The van der Waals surface area contributed by atoms with Crippen molar-refractivity contribution < 1.29 is 0 Å². The number of nitrogens with zero attached hydrogens (tertiary/aromatic N) is 1. The summed E-state index contributed by atoms with van der Waals surface area (Å²) in [5.74, 6) is 0. The molecule has 20 heavy (non-hydrogen) atoms. The molecule has 2 aromatic rings. The predicted molar refractivity (Wildman–Crippen MR) is 88.7 cm³/mol. The monoisotopic (exact) mass is 306 g/mol. The van der Waals surface area contributed by atoms with Gasteiger partial charge in [-0.25, -0.2) is 4.98 Å². The molecule has 0 saturated carbocycles. The molecule has 1 aliphatic carbocycles. The Hall–Kier alpha value is -0.710. The molecule has 2 nitrogen and oxygen atoms in total. The number of aromatic nitrogens is 1. The summed E-state index contributed by atoms with van der Waals surface area (Å²) < 4.78 is 0. The van der Waals surface area contributed by atoms with Gasteiger partial charge in [0.2, 0.25) is 0 Å². The Morgan fingerprint density at radius 2 is 2.20 bits per heavy atom. The van der Waals surface area contributed by atoms with Crippen molar-refractivity contribution in [3.8, 4) is 10.6 Å². The summed E-state index contributed by atoms with van der Waals surface area (Å²) in [6, 6.07) is 0.476. The van der Waals surface area contributed by atoms with Gasteiger partial charge in [-0.2, -0.15) is 11.3 Å². The van der Waals surface area contributed by atoms with Gasteiger partial charge in [-0.3, -0.25) is 0 Å². The fraction of sp³-hybridized carbons (Fsp3) is 0.562. The third-order valence-corrected chi connectivity index (χ3v) is 6.09. The average Bonchev–Trinajstić information content (AvgIpc) is 2.93. The Labute approximate surface area is 129 Å². The smallest absolute Gasteiger partial charge is 0.125 e. The van der Waals surface area contributed by atoms with E-state index >= 15 is 0 Å². The van der Waals surface area contributed by atoms with E-state index in [9.17, 15) is 0 Å². The normalized spacial score (nSPS) is 20.9. The van der Waals surface area contributed by atoms with Crippen LogP contribution >= 0.6 is 22.7 Å². The van der Waals surface area contributed by atoms with Crippen LogP contribution in [0.15, 0.2) is 10.8 Å². The molecule has 1 unspecified atom stereocenters. The van der Waals surface area contributed by atoms with Crippen LogP contribution in [0.1, 0.15) is 49.4 Å². The quantitative estimate of drug-likeness (QED) is 0.881. The molecule has 0 amide bonds. The van der Waals surface area contributed by atoms with Crippen LogP contribution in [0.25, 0.3) is 10.6 Å². The Kier molecular flexibility index (Phi) is 3.73. The van der Waals surface area contributed by atoms with Crippen molar-refractivity contribution >= 4 is 22.7 Å². The van der Waals surface area contributed by atoms with E-state index in [1.165, 1.54) is 33.1 Å². The number of fused-ring (bicyclic) bond motifs is 1. The predicted octanol–water partition coefficient (Wildman–Crippen LogP) is 4.80. The lowest BCUT2D eigenvalue weighted by Gasteiger charge is -2.34. The number of hydrogen-bond acceptors (Lipinski definition) is 4. The molecule has 0 bridgehead atoms. The Morgan fingerprint density at radius 1 is 1.40 bits per heavy atom. The molecular weight excluding hydrogens is 284 g/mol. The first-order chi connectivity index (χ1) is 9.50. The molecule has 0 radical (unpaired) electrons. The summed E-state index contributed by atoms with van der Waals surface area (Å²) in [7, 11) is 0. The summed E-state index contributed by atoms with van der Waals surface area (Å²) in [6.07, 6.45) is 2.31. The Balaban J connectivity index is 2.02. The zero-order chi connectivity index (χ0) is 14.3. The summed E-state index contributed by atoms with van der Waals surface area (Å²) in [5, 5.41) is 9.28. The summed E-state index contributed by atoms with van der Waals surface area (Å²) >= 11 is 3.66. The number of hydrogen-bond donors (Lipinski definition) is 1. The molecule has 2 heterocycles. The number of nitrogens with one attached hydrogen (secondary N) is 1. The Bertz CT molecular complexity index is 610. The second-order valence-electron chi connectivity index (χ2n) is 6.45. The molecule has 0 spiro atoms. The lowest BCUT2D eigenvalue weighted by atomic mass is 9.76. The van der Waals surface area contributed by atoms with E-state index in [0.717, 1.165) is 13.0 Å². The average molecular weight is 307 g/mol. The van der Waals surface area contributed by atoms with Gasteiger partial charge in [-0.15, -0.1) is 11.3 Å². The highest BCUT2D eigenvalue weighted by atomic mass is 32.1. The molecule has 0 aromatic carbocycles. The fourth-order valence-electron chi connectivity index (χ4n) is 3.04. The van der Waals surface area contributed by atoms with Crippen molar-refractivity contribution in [2.75, 3.05) is 6.54 Å². The van der Waals surface area contributed by atoms with Crippen molar-refractivity contribution in [3.63, 3.8) is 0 Å². The number of thiazole rings is 1. The van der Waals surface area contributed by atoms with Crippen LogP contribution in [0.3, 0.4) is 0 Å². The summed E-state index contributed by atoms with van der Waals surface area (Å²) in [5.41, 5.74) is 4.33.